The van der Waals surface area contributed by atoms with E-state index in [4.69, 9.17) is 20.0 Å². The summed E-state index contributed by atoms with van der Waals surface area (Å²) < 4.78 is 0. The van der Waals surface area contributed by atoms with Gasteiger partial charge in [0.25, 0.3) is 0 Å². The smallest absolute Gasteiger partial charge is 0.124 e. The van der Waals surface area contributed by atoms with Gasteiger partial charge in [0.15, 0.2) is 0 Å². The molecule has 0 saturated carbocycles. The molecule has 6 rings (SSSR count). The third-order valence-electron chi connectivity index (χ3n) is 8.61. The van der Waals surface area contributed by atoms with Crippen molar-refractivity contribution in [3.63, 3.8) is 0 Å². The van der Waals surface area contributed by atoms with Gasteiger partial charge in [-0.1, -0.05) is 60.7 Å². The Morgan fingerprint density at radius 2 is 0.577 bits per heavy atom. The zero-order valence-electron chi connectivity index (χ0n) is 29.3. The maximum Gasteiger partial charge on any atom is 0.124 e. The minimum Gasteiger partial charge on any atom is -0.507 e. The van der Waals surface area contributed by atoms with Crippen LogP contribution < -0.4 is 0 Å². The summed E-state index contributed by atoms with van der Waals surface area (Å²) in [4.78, 5) is 19.7. The zero-order chi connectivity index (χ0) is 36.8. The number of para-hydroxylation sites is 4. The summed E-state index contributed by atoms with van der Waals surface area (Å²) in [6.07, 6.45) is 0. The quantitative estimate of drug-likeness (QED) is 0.113. The molecule has 6 aromatic rings. The highest BCUT2D eigenvalue weighted by atomic mass is 16.3. The number of hydrogen-bond donors (Lipinski definition) is 4. The summed E-state index contributed by atoms with van der Waals surface area (Å²) in [6, 6.07) is 39.6. The van der Waals surface area contributed by atoms with Crippen LogP contribution in [0.4, 0.5) is 22.7 Å². The van der Waals surface area contributed by atoms with Crippen LogP contribution in [0.3, 0.4) is 0 Å². The number of aromatic hydroxyl groups is 4. The lowest BCUT2D eigenvalue weighted by Crippen LogP contribution is -1.96. The van der Waals surface area contributed by atoms with Crippen LogP contribution in [-0.4, -0.2) is 43.3 Å². The van der Waals surface area contributed by atoms with Gasteiger partial charge < -0.3 is 20.4 Å². The van der Waals surface area contributed by atoms with Gasteiger partial charge in [-0.2, -0.15) is 0 Å². The van der Waals surface area contributed by atoms with E-state index in [1.807, 2.05) is 113 Å². The van der Waals surface area contributed by atoms with Crippen molar-refractivity contribution < 1.29 is 20.4 Å². The lowest BCUT2D eigenvalue weighted by Gasteiger charge is -2.12. The molecule has 0 fully saturated rings. The molecule has 52 heavy (non-hydrogen) atoms. The Morgan fingerprint density at radius 1 is 0.327 bits per heavy atom. The molecule has 0 amide bonds. The van der Waals surface area contributed by atoms with Gasteiger partial charge in [0.05, 0.1) is 22.7 Å². The van der Waals surface area contributed by atoms with Gasteiger partial charge >= 0.3 is 0 Å². The first kappa shape index (κ1) is 35.0. The summed E-state index contributed by atoms with van der Waals surface area (Å²) in [5.41, 5.74) is 8.74. The van der Waals surface area contributed by atoms with Gasteiger partial charge in [0.1, 0.15) is 23.0 Å². The molecule has 0 heterocycles. The molecule has 0 spiro atoms. The maximum absolute atomic E-state index is 10.6. The number of phenols is 4. The summed E-state index contributed by atoms with van der Waals surface area (Å²) in [5.74, 6) is 0.493. The first-order valence-electron chi connectivity index (χ1n) is 16.7. The number of rotatable bonds is 9. The van der Waals surface area contributed by atoms with Crippen molar-refractivity contribution in [1.29, 1.82) is 0 Å². The van der Waals surface area contributed by atoms with Crippen molar-refractivity contribution in [3.05, 3.63) is 156 Å². The van der Waals surface area contributed by atoms with Crippen LogP contribution in [0.5, 0.6) is 23.0 Å². The summed E-state index contributed by atoms with van der Waals surface area (Å²) in [6.45, 7) is 7.33. The fraction of sp³-hybridized carbons (Fsp3) is 0.0909. The fourth-order valence-electron chi connectivity index (χ4n) is 5.86. The first-order chi connectivity index (χ1) is 25.1. The highest BCUT2D eigenvalue weighted by molar-refractivity contribution is 6.06. The summed E-state index contributed by atoms with van der Waals surface area (Å²) in [7, 11) is 0. The van der Waals surface area contributed by atoms with E-state index < -0.39 is 0 Å². The Hall–Kier alpha value is -6.80. The van der Waals surface area contributed by atoms with Crippen molar-refractivity contribution in [2.24, 2.45) is 20.0 Å². The second-order valence-corrected chi connectivity index (χ2v) is 12.3. The molecule has 0 saturated heterocycles. The topological polar surface area (TPSA) is 130 Å². The first-order valence-corrected chi connectivity index (χ1v) is 16.7. The van der Waals surface area contributed by atoms with Crippen LogP contribution in [0, 0.1) is 0 Å². The Labute approximate surface area is 302 Å². The Morgan fingerprint density at radius 3 is 0.846 bits per heavy atom. The molecule has 0 unspecified atom stereocenters. The highest BCUT2D eigenvalue weighted by Crippen LogP contribution is 2.39. The van der Waals surface area contributed by atoms with E-state index in [1.165, 1.54) is 0 Å². The number of benzene rings is 6. The molecule has 258 valence electrons. The van der Waals surface area contributed by atoms with E-state index in [2.05, 4.69) is 0 Å². The molecule has 0 aliphatic heterocycles. The molecule has 6 aromatic carbocycles. The van der Waals surface area contributed by atoms with Gasteiger partial charge in [-0.3, -0.25) is 20.0 Å². The fourth-order valence-corrected chi connectivity index (χ4v) is 5.86. The molecule has 0 bridgehead atoms. The average Bonchev–Trinajstić information content (AvgIpc) is 3.13. The van der Waals surface area contributed by atoms with Crippen LogP contribution in [-0.2, 0) is 0 Å². The molecule has 0 aliphatic rings. The van der Waals surface area contributed by atoms with Crippen molar-refractivity contribution in [2.45, 2.75) is 27.7 Å². The summed E-state index contributed by atoms with van der Waals surface area (Å²) >= 11 is 0. The molecular formula is C44H38N4O4. The SMILES string of the molecule is CC(=Nc1ccc(-c2ccc(N=C(C)c3ccccc3O)c(N=C(C)c3ccccc3O)c2)cc1N=C(C)c1ccccc1O)c1ccccc1O. The number of hydrogen-bond acceptors (Lipinski definition) is 8. The Bertz CT molecular complexity index is 2240. The van der Waals surface area contributed by atoms with Crippen LogP contribution in [0.15, 0.2) is 153 Å². The second kappa shape index (κ2) is 15.4. The van der Waals surface area contributed by atoms with Crippen LogP contribution >= 0.6 is 0 Å². The minimum absolute atomic E-state index is 0.118. The molecule has 8 nitrogen and oxygen atoms in total. The van der Waals surface area contributed by atoms with Crippen LogP contribution in [0.2, 0.25) is 0 Å². The molecular weight excluding hydrogens is 649 g/mol. The lowest BCUT2D eigenvalue weighted by molar-refractivity contribution is 0.473. The standard InChI is InChI=1S/C44H38N4O4/c1-27(33-13-5-9-17-41(33)49)45-37-23-21-31(25-39(37)47-29(3)35-15-7-11-19-43(35)51)32-22-24-38(46-28(2)34-14-6-10-18-42(34)50)40(26-32)48-30(4)36-16-8-12-20-44(36)52/h5-26,49-52H,1-4H3. The zero-order valence-corrected chi connectivity index (χ0v) is 29.3. The van der Waals surface area contributed by atoms with Gasteiger partial charge in [-0.25, -0.2) is 0 Å². The van der Waals surface area contributed by atoms with Gasteiger partial charge in [0.2, 0.25) is 0 Å². The van der Waals surface area contributed by atoms with Gasteiger partial charge in [0, 0.05) is 45.1 Å². The third kappa shape index (κ3) is 7.82. The van der Waals surface area contributed by atoms with Crippen molar-refractivity contribution in [2.75, 3.05) is 0 Å². The van der Waals surface area contributed by atoms with E-state index in [9.17, 15) is 20.4 Å². The molecule has 0 aromatic heterocycles. The predicted octanol–water partition coefficient (Wildman–Crippen LogP) is 10.7. The van der Waals surface area contributed by atoms with E-state index in [-0.39, 0.29) is 23.0 Å². The summed E-state index contributed by atoms with van der Waals surface area (Å²) in [5, 5.41) is 42.1. The molecule has 0 radical (unpaired) electrons. The second-order valence-electron chi connectivity index (χ2n) is 12.3. The van der Waals surface area contributed by atoms with E-state index >= 15 is 0 Å². The molecule has 8 heteroatoms. The van der Waals surface area contributed by atoms with E-state index in [1.54, 1.807) is 48.5 Å². The number of phenolic OH excluding ortho intramolecular Hbond substituents is 4. The van der Waals surface area contributed by atoms with Gasteiger partial charge in [-0.15, -0.1) is 0 Å². The van der Waals surface area contributed by atoms with E-state index in [0.717, 1.165) is 11.1 Å². The molecule has 0 atom stereocenters. The monoisotopic (exact) mass is 686 g/mol. The molecule has 4 N–H and O–H groups in total. The van der Waals surface area contributed by atoms with Crippen molar-refractivity contribution in [1.82, 2.24) is 0 Å². The minimum atomic E-state index is 0.118. The van der Waals surface area contributed by atoms with Crippen molar-refractivity contribution in [3.8, 4) is 34.1 Å². The predicted molar refractivity (Wildman–Crippen MR) is 212 cm³/mol. The largest absolute Gasteiger partial charge is 0.507 e. The number of aliphatic imine (C=N–C) groups is 4. The van der Waals surface area contributed by atoms with Crippen LogP contribution in [0.25, 0.3) is 11.1 Å². The Kier molecular flexibility index (Phi) is 10.4. The average molecular weight is 687 g/mol. The Balaban J connectivity index is 1.51. The van der Waals surface area contributed by atoms with Gasteiger partial charge in [-0.05, 0) is 112 Å². The van der Waals surface area contributed by atoms with Crippen molar-refractivity contribution >= 4 is 45.6 Å². The molecule has 0 aliphatic carbocycles. The maximum atomic E-state index is 10.6. The normalized spacial score (nSPS) is 12.6. The lowest BCUT2D eigenvalue weighted by atomic mass is 10.0. The third-order valence-corrected chi connectivity index (χ3v) is 8.61. The van der Waals surface area contributed by atoms with E-state index in [0.29, 0.717) is 67.9 Å². The van der Waals surface area contributed by atoms with Crippen LogP contribution in [0.1, 0.15) is 49.9 Å². The number of nitrogens with zero attached hydrogens (tertiary/aromatic N) is 4. The highest BCUT2D eigenvalue weighted by Gasteiger charge is 2.14.